The quantitative estimate of drug-likeness (QED) is 0.498. The van der Waals surface area contributed by atoms with Crippen LogP contribution >= 0.6 is 0 Å². The molecule has 0 aliphatic heterocycles. The summed E-state index contributed by atoms with van der Waals surface area (Å²) >= 11 is 0. The lowest BCUT2D eigenvalue weighted by Crippen LogP contribution is -2.32. The summed E-state index contributed by atoms with van der Waals surface area (Å²) in [6.07, 6.45) is 0.620. The van der Waals surface area contributed by atoms with Crippen LogP contribution < -0.4 is 21.7 Å². The summed E-state index contributed by atoms with van der Waals surface area (Å²) in [5, 5.41) is 7.96. The van der Waals surface area contributed by atoms with Gasteiger partial charge in [-0.3, -0.25) is 19.1 Å². The number of aromatic amines is 1. The summed E-state index contributed by atoms with van der Waals surface area (Å²) in [7, 11) is -4.00. The SMILES string of the molecule is CCCn1c(=O)[nH]c(=O)c2c(C(=O)Nc3cc(S(N)(=O)=O)cc(C)c3C)cc(C(C)C)nc21. The number of aryl methyl sites for hydroxylation is 2. The van der Waals surface area contributed by atoms with Crippen LogP contribution in [0.3, 0.4) is 0 Å². The molecule has 0 aliphatic carbocycles. The van der Waals surface area contributed by atoms with Crippen molar-refractivity contribution < 1.29 is 13.2 Å². The van der Waals surface area contributed by atoms with Crippen LogP contribution in [0.4, 0.5) is 5.69 Å². The molecule has 0 saturated heterocycles. The van der Waals surface area contributed by atoms with E-state index in [9.17, 15) is 22.8 Å². The van der Waals surface area contributed by atoms with E-state index >= 15 is 0 Å². The van der Waals surface area contributed by atoms with Gasteiger partial charge in [-0.25, -0.2) is 23.3 Å². The third-order valence-corrected chi connectivity index (χ3v) is 6.36. The van der Waals surface area contributed by atoms with Crippen molar-refractivity contribution in [2.45, 2.75) is 58.4 Å². The number of amides is 1. The second kappa shape index (κ2) is 8.91. The number of rotatable bonds is 6. The standard InChI is InChI=1S/C22H27N5O5S/c1-6-7-27-19-18(21(29)26-22(27)30)15(10-16(24-19)11(2)3)20(28)25-17-9-14(33(23,31)32)8-12(4)13(17)5/h8-11H,6-7H2,1-5H3,(H,25,28)(H2,23,31,32)(H,26,29,30). The summed E-state index contributed by atoms with van der Waals surface area (Å²) in [5.74, 6) is -0.717. The van der Waals surface area contributed by atoms with E-state index in [4.69, 9.17) is 5.14 Å². The summed E-state index contributed by atoms with van der Waals surface area (Å²) < 4.78 is 25.1. The highest BCUT2D eigenvalue weighted by Gasteiger charge is 2.22. The lowest BCUT2D eigenvalue weighted by atomic mass is 10.0. The highest BCUT2D eigenvalue weighted by atomic mass is 32.2. The maximum absolute atomic E-state index is 13.4. The Balaban J connectivity index is 2.27. The Kier molecular flexibility index (Phi) is 6.57. The van der Waals surface area contributed by atoms with Crippen LogP contribution in [0.2, 0.25) is 0 Å². The van der Waals surface area contributed by atoms with Crippen molar-refractivity contribution in [1.29, 1.82) is 0 Å². The Morgan fingerprint density at radius 1 is 1.21 bits per heavy atom. The van der Waals surface area contributed by atoms with Gasteiger partial charge in [-0.2, -0.15) is 0 Å². The van der Waals surface area contributed by atoms with Gasteiger partial charge in [0.15, 0.2) is 5.65 Å². The van der Waals surface area contributed by atoms with Crippen LogP contribution in [-0.4, -0.2) is 28.9 Å². The molecule has 0 saturated carbocycles. The van der Waals surface area contributed by atoms with E-state index in [-0.39, 0.29) is 33.1 Å². The van der Waals surface area contributed by atoms with Crippen molar-refractivity contribution in [2.24, 2.45) is 5.14 Å². The van der Waals surface area contributed by atoms with Gasteiger partial charge in [0.2, 0.25) is 10.0 Å². The second-order valence-electron chi connectivity index (χ2n) is 8.27. The highest BCUT2D eigenvalue weighted by Crippen LogP contribution is 2.26. The highest BCUT2D eigenvalue weighted by molar-refractivity contribution is 7.89. The van der Waals surface area contributed by atoms with Crippen molar-refractivity contribution in [3.05, 3.63) is 61.4 Å². The average molecular weight is 474 g/mol. The first-order valence-electron chi connectivity index (χ1n) is 10.5. The van der Waals surface area contributed by atoms with Crippen LogP contribution in [0, 0.1) is 13.8 Å². The number of H-pyrrole nitrogens is 1. The molecule has 1 amide bonds. The van der Waals surface area contributed by atoms with Crippen LogP contribution in [0.5, 0.6) is 0 Å². The fourth-order valence-electron chi connectivity index (χ4n) is 3.51. The van der Waals surface area contributed by atoms with Gasteiger partial charge in [0.25, 0.3) is 11.5 Å². The minimum Gasteiger partial charge on any atom is -0.322 e. The number of nitrogens with one attached hydrogen (secondary N) is 2. The van der Waals surface area contributed by atoms with Crippen molar-refractivity contribution >= 4 is 32.7 Å². The van der Waals surface area contributed by atoms with Crippen molar-refractivity contribution in [3.63, 3.8) is 0 Å². The van der Waals surface area contributed by atoms with E-state index < -0.39 is 27.2 Å². The molecule has 0 unspecified atom stereocenters. The van der Waals surface area contributed by atoms with Crippen LogP contribution in [0.15, 0.2) is 32.7 Å². The first-order valence-corrected chi connectivity index (χ1v) is 12.0. The van der Waals surface area contributed by atoms with Crippen molar-refractivity contribution in [3.8, 4) is 0 Å². The molecule has 0 fully saturated rings. The predicted molar refractivity (Wildman–Crippen MR) is 126 cm³/mol. The number of nitrogens with two attached hydrogens (primary N) is 1. The fourth-order valence-corrected chi connectivity index (χ4v) is 4.13. The molecule has 33 heavy (non-hydrogen) atoms. The summed E-state index contributed by atoms with van der Waals surface area (Å²) in [6.45, 7) is 9.40. The molecule has 0 bridgehead atoms. The monoisotopic (exact) mass is 473 g/mol. The van der Waals surface area contributed by atoms with E-state index in [2.05, 4.69) is 15.3 Å². The van der Waals surface area contributed by atoms with Crippen LogP contribution in [-0.2, 0) is 16.6 Å². The molecule has 2 aromatic heterocycles. The molecule has 1 aromatic carbocycles. The Morgan fingerprint density at radius 2 is 1.88 bits per heavy atom. The van der Waals surface area contributed by atoms with E-state index in [1.54, 1.807) is 13.8 Å². The number of benzene rings is 1. The maximum Gasteiger partial charge on any atom is 0.329 e. The molecule has 176 valence electrons. The van der Waals surface area contributed by atoms with Gasteiger partial charge in [-0.05, 0) is 55.5 Å². The average Bonchev–Trinajstić information content (AvgIpc) is 2.72. The number of hydrogen-bond donors (Lipinski definition) is 3. The molecule has 0 aliphatic rings. The summed E-state index contributed by atoms with van der Waals surface area (Å²) in [6, 6.07) is 4.22. The zero-order valence-corrected chi connectivity index (χ0v) is 20.0. The van der Waals surface area contributed by atoms with E-state index in [0.29, 0.717) is 29.8 Å². The molecule has 11 heteroatoms. The van der Waals surface area contributed by atoms with Gasteiger partial charge in [0.05, 0.1) is 15.8 Å². The molecule has 2 heterocycles. The smallest absolute Gasteiger partial charge is 0.322 e. The van der Waals surface area contributed by atoms with E-state index in [1.807, 2.05) is 20.8 Å². The number of anilines is 1. The number of carbonyl (C=O) groups excluding carboxylic acids is 1. The molecule has 0 radical (unpaired) electrons. The zero-order chi connectivity index (χ0) is 24.7. The Morgan fingerprint density at radius 3 is 2.45 bits per heavy atom. The second-order valence-corrected chi connectivity index (χ2v) is 9.83. The lowest BCUT2D eigenvalue weighted by molar-refractivity contribution is 0.102. The molecule has 3 rings (SSSR count). The van der Waals surface area contributed by atoms with Gasteiger partial charge < -0.3 is 5.32 Å². The normalized spacial score (nSPS) is 11.8. The number of primary sulfonamides is 1. The van der Waals surface area contributed by atoms with Crippen molar-refractivity contribution in [2.75, 3.05) is 5.32 Å². The zero-order valence-electron chi connectivity index (χ0n) is 19.1. The first-order chi connectivity index (χ1) is 15.3. The van der Waals surface area contributed by atoms with Gasteiger partial charge in [-0.15, -0.1) is 0 Å². The Bertz CT molecular complexity index is 1490. The molecular weight excluding hydrogens is 446 g/mol. The number of carbonyl (C=O) groups is 1. The van der Waals surface area contributed by atoms with E-state index in [1.165, 1.54) is 22.8 Å². The number of pyridine rings is 1. The van der Waals surface area contributed by atoms with Gasteiger partial charge >= 0.3 is 5.69 Å². The topological polar surface area (TPSA) is 157 Å². The predicted octanol–water partition coefficient (Wildman–Crippen LogP) is 2.13. The van der Waals surface area contributed by atoms with Crippen LogP contribution in [0.1, 0.15) is 60.3 Å². The first kappa shape index (κ1) is 24.3. The van der Waals surface area contributed by atoms with Gasteiger partial charge in [-0.1, -0.05) is 20.8 Å². The number of fused-ring (bicyclic) bond motifs is 1. The molecule has 10 nitrogen and oxygen atoms in total. The molecule has 0 spiro atoms. The van der Waals surface area contributed by atoms with Crippen LogP contribution in [0.25, 0.3) is 11.0 Å². The molecule has 0 atom stereocenters. The molecule has 4 N–H and O–H groups in total. The molecular formula is C22H27N5O5S. The largest absolute Gasteiger partial charge is 0.329 e. The van der Waals surface area contributed by atoms with Gasteiger partial charge in [0, 0.05) is 17.9 Å². The van der Waals surface area contributed by atoms with Crippen molar-refractivity contribution in [1.82, 2.24) is 14.5 Å². The lowest BCUT2D eigenvalue weighted by Gasteiger charge is -2.16. The molecule has 3 aromatic rings. The summed E-state index contributed by atoms with van der Waals surface area (Å²) in [4.78, 5) is 45.1. The number of aromatic nitrogens is 3. The third-order valence-electron chi connectivity index (χ3n) is 5.47. The minimum atomic E-state index is -4.00. The third kappa shape index (κ3) is 4.74. The Labute approximate surface area is 190 Å². The van der Waals surface area contributed by atoms with Gasteiger partial charge in [0.1, 0.15) is 0 Å². The number of sulfonamides is 1. The number of nitrogens with zero attached hydrogens (tertiary/aromatic N) is 2. The summed E-state index contributed by atoms with van der Waals surface area (Å²) in [5.41, 5.74) is 0.903. The Hall–Kier alpha value is -3.31. The maximum atomic E-state index is 13.4. The minimum absolute atomic E-state index is 0.0121. The fraction of sp³-hybridized carbons (Fsp3) is 0.364. The van der Waals surface area contributed by atoms with E-state index in [0.717, 1.165) is 0 Å². The number of hydrogen-bond acceptors (Lipinski definition) is 6.